The van der Waals surface area contributed by atoms with Crippen LogP contribution < -0.4 is 0 Å². The van der Waals surface area contributed by atoms with Gasteiger partial charge in [-0.15, -0.1) is 0 Å². The van der Waals surface area contributed by atoms with E-state index in [1.807, 2.05) is 13.8 Å². The van der Waals surface area contributed by atoms with Crippen molar-refractivity contribution >= 4 is 0 Å². The molecule has 0 saturated carbocycles. The summed E-state index contributed by atoms with van der Waals surface area (Å²) in [5.74, 6) is -0.445. The highest BCUT2D eigenvalue weighted by atomic mass is 16.8. The highest BCUT2D eigenvalue weighted by Crippen LogP contribution is 2.55. The van der Waals surface area contributed by atoms with Crippen molar-refractivity contribution in [3.05, 3.63) is 0 Å². The van der Waals surface area contributed by atoms with Gasteiger partial charge in [-0.1, -0.05) is 0 Å². The average Bonchev–Trinajstić information content (AvgIpc) is 2.47. The second-order valence-corrected chi connectivity index (χ2v) is 6.06. The highest BCUT2D eigenvalue weighted by molar-refractivity contribution is 5.13. The molecule has 2 bridgehead atoms. The molecule has 3 heteroatoms. The van der Waals surface area contributed by atoms with Crippen molar-refractivity contribution in [2.45, 2.75) is 76.2 Å². The van der Waals surface area contributed by atoms with E-state index in [2.05, 4.69) is 13.8 Å². The molecule has 3 aliphatic heterocycles. The SMILES string of the molecule is CC1(C)OC2C(O1)[C@]1(C)CCCC2(C)O1. The second-order valence-electron chi connectivity index (χ2n) is 6.06. The van der Waals surface area contributed by atoms with Crippen LogP contribution >= 0.6 is 0 Å². The minimum atomic E-state index is -0.445. The lowest BCUT2D eigenvalue weighted by molar-refractivity contribution is -0.239. The van der Waals surface area contributed by atoms with Crippen molar-refractivity contribution in [3.63, 3.8) is 0 Å². The predicted octanol–water partition coefficient (Wildman–Crippen LogP) is 2.24. The topological polar surface area (TPSA) is 27.7 Å². The number of fused-ring (bicyclic) bond motifs is 5. The molecular weight excluding hydrogens is 192 g/mol. The maximum absolute atomic E-state index is 6.18. The zero-order valence-corrected chi connectivity index (χ0v) is 10.0. The first-order valence-electron chi connectivity index (χ1n) is 5.91. The second kappa shape index (κ2) is 2.58. The summed E-state index contributed by atoms with van der Waals surface area (Å²) in [5.41, 5.74) is -0.267. The van der Waals surface area contributed by atoms with Gasteiger partial charge in [-0.05, 0) is 47.0 Å². The van der Waals surface area contributed by atoms with E-state index in [-0.39, 0.29) is 23.4 Å². The van der Waals surface area contributed by atoms with Gasteiger partial charge in [0.15, 0.2) is 5.79 Å². The molecule has 3 unspecified atom stereocenters. The van der Waals surface area contributed by atoms with Gasteiger partial charge >= 0.3 is 0 Å². The molecule has 3 heterocycles. The Labute approximate surface area is 91.1 Å². The molecule has 86 valence electrons. The predicted molar refractivity (Wildman–Crippen MR) is 55.6 cm³/mol. The van der Waals surface area contributed by atoms with Gasteiger partial charge in [-0.2, -0.15) is 0 Å². The Morgan fingerprint density at radius 1 is 0.867 bits per heavy atom. The van der Waals surface area contributed by atoms with E-state index in [1.165, 1.54) is 6.42 Å². The lowest BCUT2D eigenvalue weighted by Gasteiger charge is -2.39. The summed E-state index contributed by atoms with van der Waals surface area (Å²) < 4.78 is 18.2. The summed E-state index contributed by atoms with van der Waals surface area (Å²) in [6, 6.07) is 0. The number of ether oxygens (including phenoxy) is 3. The number of hydrogen-bond acceptors (Lipinski definition) is 3. The molecular formula is C12H20O3. The molecule has 3 fully saturated rings. The van der Waals surface area contributed by atoms with Crippen LogP contribution in [0.2, 0.25) is 0 Å². The molecule has 0 aromatic heterocycles. The van der Waals surface area contributed by atoms with Gasteiger partial charge in [0, 0.05) is 0 Å². The quantitative estimate of drug-likeness (QED) is 0.616. The Kier molecular flexibility index (Phi) is 1.73. The normalized spacial score (nSPS) is 56.8. The van der Waals surface area contributed by atoms with E-state index in [9.17, 15) is 0 Å². The summed E-state index contributed by atoms with van der Waals surface area (Å²) in [5, 5.41) is 0. The fourth-order valence-corrected chi connectivity index (χ4v) is 3.48. The van der Waals surface area contributed by atoms with Crippen LogP contribution in [0.25, 0.3) is 0 Å². The molecule has 3 rings (SSSR count). The van der Waals surface area contributed by atoms with E-state index in [4.69, 9.17) is 14.2 Å². The van der Waals surface area contributed by atoms with Crippen molar-refractivity contribution in [1.29, 1.82) is 0 Å². The van der Waals surface area contributed by atoms with Gasteiger partial charge in [-0.3, -0.25) is 0 Å². The van der Waals surface area contributed by atoms with E-state index >= 15 is 0 Å². The van der Waals surface area contributed by atoms with E-state index < -0.39 is 5.79 Å². The summed E-state index contributed by atoms with van der Waals surface area (Å²) in [7, 11) is 0. The highest BCUT2D eigenvalue weighted by Gasteiger charge is 2.66. The van der Waals surface area contributed by atoms with Crippen molar-refractivity contribution in [2.24, 2.45) is 0 Å². The van der Waals surface area contributed by atoms with Crippen LogP contribution in [0, 0.1) is 0 Å². The fraction of sp³-hybridized carbons (Fsp3) is 1.00. The van der Waals surface area contributed by atoms with E-state index in [1.54, 1.807) is 0 Å². The summed E-state index contributed by atoms with van der Waals surface area (Å²) in [4.78, 5) is 0. The maximum atomic E-state index is 6.18. The molecule has 0 aliphatic carbocycles. The first-order valence-corrected chi connectivity index (χ1v) is 5.91. The Balaban J connectivity index is 1.99. The lowest BCUT2D eigenvalue weighted by atomic mass is 9.94. The van der Waals surface area contributed by atoms with Crippen LogP contribution in [0.3, 0.4) is 0 Å². The van der Waals surface area contributed by atoms with Crippen LogP contribution in [0.15, 0.2) is 0 Å². The Bertz CT molecular complexity index is 275. The van der Waals surface area contributed by atoms with Crippen LogP contribution in [-0.4, -0.2) is 29.2 Å². The Morgan fingerprint density at radius 3 is 1.80 bits per heavy atom. The molecule has 0 amide bonds. The molecule has 4 atom stereocenters. The molecule has 3 saturated heterocycles. The van der Waals surface area contributed by atoms with Crippen molar-refractivity contribution < 1.29 is 14.2 Å². The van der Waals surface area contributed by atoms with Gasteiger partial charge in [-0.25, -0.2) is 0 Å². The summed E-state index contributed by atoms with van der Waals surface area (Å²) in [6.45, 7) is 8.32. The van der Waals surface area contributed by atoms with Crippen LogP contribution in [-0.2, 0) is 14.2 Å². The van der Waals surface area contributed by atoms with Crippen molar-refractivity contribution in [3.8, 4) is 0 Å². The first kappa shape index (κ1) is 10.1. The third-order valence-electron chi connectivity index (χ3n) is 4.11. The van der Waals surface area contributed by atoms with E-state index in [0.717, 1.165) is 12.8 Å². The Morgan fingerprint density at radius 2 is 1.33 bits per heavy atom. The van der Waals surface area contributed by atoms with Gasteiger partial charge in [0.25, 0.3) is 0 Å². The smallest absolute Gasteiger partial charge is 0.164 e. The van der Waals surface area contributed by atoms with Gasteiger partial charge in [0.05, 0.1) is 11.2 Å². The molecule has 0 aromatic carbocycles. The van der Waals surface area contributed by atoms with Gasteiger partial charge < -0.3 is 14.2 Å². The number of hydrogen-bond donors (Lipinski definition) is 0. The van der Waals surface area contributed by atoms with Crippen LogP contribution in [0.1, 0.15) is 47.0 Å². The number of rotatable bonds is 0. The van der Waals surface area contributed by atoms with Crippen molar-refractivity contribution in [1.82, 2.24) is 0 Å². The zero-order chi connectivity index (χ0) is 10.9. The van der Waals surface area contributed by atoms with Crippen LogP contribution in [0.4, 0.5) is 0 Å². The maximum Gasteiger partial charge on any atom is 0.164 e. The molecule has 0 radical (unpaired) electrons. The van der Waals surface area contributed by atoms with Crippen LogP contribution in [0.5, 0.6) is 0 Å². The third kappa shape index (κ3) is 1.23. The molecule has 0 aromatic rings. The van der Waals surface area contributed by atoms with Gasteiger partial charge in [0.2, 0.25) is 0 Å². The average molecular weight is 212 g/mol. The first-order chi connectivity index (χ1) is 6.85. The third-order valence-corrected chi connectivity index (χ3v) is 4.11. The zero-order valence-electron chi connectivity index (χ0n) is 10.0. The molecule has 3 aliphatic rings. The largest absolute Gasteiger partial charge is 0.363 e. The minimum Gasteiger partial charge on any atom is -0.363 e. The van der Waals surface area contributed by atoms with E-state index in [0.29, 0.717) is 0 Å². The fourth-order valence-electron chi connectivity index (χ4n) is 3.48. The lowest BCUT2D eigenvalue weighted by Crippen LogP contribution is -2.44. The molecule has 15 heavy (non-hydrogen) atoms. The molecule has 0 N–H and O–H groups in total. The molecule has 0 spiro atoms. The Hall–Kier alpha value is -0.120. The standard InChI is InChI=1S/C12H20O3/c1-10(2)13-8-9(14-10)12(4)7-5-6-11(8,3)15-12/h8-9H,5-7H2,1-4H3/t8?,9?,11-,12?/m0/s1. The monoisotopic (exact) mass is 212 g/mol. The van der Waals surface area contributed by atoms with Crippen molar-refractivity contribution in [2.75, 3.05) is 0 Å². The molecule has 3 nitrogen and oxygen atoms in total. The summed E-state index contributed by atoms with van der Waals surface area (Å²) >= 11 is 0. The minimum absolute atomic E-state index is 0.111. The summed E-state index contributed by atoms with van der Waals surface area (Å²) in [6.07, 6.45) is 3.61. The van der Waals surface area contributed by atoms with Gasteiger partial charge in [0.1, 0.15) is 12.2 Å².